The highest BCUT2D eigenvalue weighted by atomic mass is 35.5. The Kier molecular flexibility index (Phi) is 2.93. The maximum atomic E-state index is 13.1. The van der Waals surface area contributed by atoms with E-state index < -0.39 is 0 Å². The van der Waals surface area contributed by atoms with E-state index in [0.29, 0.717) is 17.3 Å². The smallest absolute Gasteiger partial charge is 0.193 e. The number of anilines is 1. The van der Waals surface area contributed by atoms with Crippen molar-refractivity contribution in [1.29, 1.82) is 0 Å². The number of aromatic nitrogens is 2. The summed E-state index contributed by atoms with van der Waals surface area (Å²) in [6.07, 6.45) is 3.89. The van der Waals surface area contributed by atoms with E-state index in [4.69, 9.17) is 11.6 Å². The summed E-state index contributed by atoms with van der Waals surface area (Å²) in [5, 5.41) is 5.55. The van der Waals surface area contributed by atoms with Crippen molar-refractivity contribution in [3.8, 4) is 0 Å². The van der Waals surface area contributed by atoms with Gasteiger partial charge < -0.3 is 5.32 Å². The first-order valence-corrected chi connectivity index (χ1v) is 6.58. The van der Waals surface area contributed by atoms with Crippen LogP contribution in [0.4, 0.5) is 10.1 Å². The summed E-state index contributed by atoms with van der Waals surface area (Å²) >= 11 is 7.54. The maximum absolute atomic E-state index is 13.1. The third-order valence-electron chi connectivity index (χ3n) is 2.53. The topological polar surface area (TPSA) is 29.3 Å². The molecule has 0 aliphatic heterocycles. The predicted octanol–water partition coefficient (Wildman–Crippen LogP) is 3.80. The highest BCUT2D eigenvalue weighted by molar-refractivity contribution is 7.15. The Balaban J connectivity index is 1.77. The molecule has 0 spiro atoms. The van der Waals surface area contributed by atoms with Crippen molar-refractivity contribution in [2.24, 2.45) is 0 Å². The average molecular weight is 282 g/mol. The Morgan fingerprint density at radius 2 is 2.33 bits per heavy atom. The van der Waals surface area contributed by atoms with Crippen LogP contribution in [0.1, 0.15) is 5.69 Å². The van der Waals surface area contributed by atoms with Gasteiger partial charge in [0.25, 0.3) is 0 Å². The van der Waals surface area contributed by atoms with Gasteiger partial charge in [-0.1, -0.05) is 11.6 Å². The molecular formula is C12H9ClFN3S. The molecule has 3 rings (SSSR count). The SMILES string of the molecule is Fc1ccc(Cl)c(NCc2cn3ccsc3n2)c1. The molecule has 0 saturated carbocycles. The number of nitrogens with zero attached hydrogens (tertiary/aromatic N) is 2. The van der Waals surface area contributed by atoms with Gasteiger partial charge in [-0.25, -0.2) is 9.37 Å². The third kappa shape index (κ3) is 2.19. The van der Waals surface area contributed by atoms with Crippen molar-refractivity contribution in [1.82, 2.24) is 9.38 Å². The highest BCUT2D eigenvalue weighted by Gasteiger charge is 2.05. The van der Waals surface area contributed by atoms with Gasteiger partial charge in [0.2, 0.25) is 0 Å². The largest absolute Gasteiger partial charge is 0.378 e. The van der Waals surface area contributed by atoms with Crippen molar-refractivity contribution in [3.63, 3.8) is 0 Å². The van der Waals surface area contributed by atoms with Gasteiger partial charge in [-0.3, -0.25) is 4.40 Å². The number of imidazole rings is 1. The van der Waals surface area contributed by atoms with Crippen LogP contribution in [-0.4, -0.2) is 9.38 Å². The lowest BCUT2D eigenvalue weighted by atomic mass is 10.3. The van der Waals surface area contributed by atoms with Crippen LogP contribution in [0.2, 0.25) is 5.02 Å². The Bertz CT molecular complexity index is 663. The van der Waals surface area contributed by atoms with Gasteiger partial charge in [0, 0.05) is 17.8 Å². The van der Waals surface area contributed by atoms with Crippen LogP contribution in [0.15, 0.2) is 36.0 Å². The Morgan fingerprint density at radius 3 is 3.17 bits per heavy atom. The molecule has 1 N–H and O–H groups in total. The molecule has 0 radical (unpaired) electrons. The van der Waals surface area contributed by atoms with Crippen LogP contribution in [0, 0.1) is 5.82 Å². The first-order chi connectivity index (χ1) is 8.72. The molecule has 1 aromatic carbocycles. The van der Waals surface area contributed by atoms with E-state index in [1.54, 1.807) is 11.3 Å². The van der Waals surface area contributed by atoms with E-state index >= 15 is 0 Å². The summed E-state index contributed by atoms with van der Waals surface area (Å²) in [5.74, 6) is -0.312. The minimum atomic E-state index is -0.312. The van der Waals surface area contributed by atoms with Gasteiger partial charge in [0.05, 0.1) is 22.9 Å². The van der Waals surface area contributed by atoms with E-state index in [0.717, 1.165) is 10.7 Å². The van der Waals surface area contributed by atoms with Crippen LogP contribution in [0.3, 0.4) is 0 Å². The summed E-state index contributed by atoms with van der Waals surface area (Å²) in [6, 6.07) is 4.24. The average Bonchev–Trinajstić information content (AvgIpc) is 2.90. The molecule has 0 aliphatic carbocycles. The lowest BCUT2D eigenvalue weighted by Crippen LogP contribution is -2.00. The molecule has 0 fully saturated rings. The van der Waals surface area contributed by atoms with E-state index in [9.17, 15) is 4.39 Å². The van der Waals surface area contributed by atoms with Crippen molar-refractivity contribution < 1.29 is 4.39 Å². The van der Waals surface area contributed by atoms with Gasteiger partial charge in [0.15, 0.2) is 4.96 Å². The van der Waals surface area contributed by atoms with Gasteiger partial charge >= 0.3 is 0 Å². The van der Waals surface area contributed by atoms with Crippen LogP contribution >= 0.6 is 22.9 Å². The van der Waals surface area contributed by atoms with Crippen molar-refractivity contribution in [2.75, 3.05) is 5.32 Å². The number of halogens is 2. The fourth-order valence-electron chi connectivity index (χ4n) is 1.68. The van der Waals surface area contributed by atoms with Gasteiger partial charge in [-0.2, -0.15) is 0 Å². The zero-order valence-electron chi connectivity index (χ0n) is 9.23. The molecule has 3 aromatic rings. The zero-order chi connectivity index (χ0) is 12.5. The normalized spacial score (nSPS) is 11.0. The van der Waals surface area contributed by atoms with Crippen LogP contribution in [-0.2, 0) is 6.54 Å². The van der Waals surface area contributed by atoms with Crippen molar-refractivity contribution in [2.45, 2.75) is 6.54 Å². The minimum absolute atomic E-state index is 0.312. The van der Waals surface area contributed by atoms with E-state index in [2.05, 4.69) is 10.3 Å². The number of thiazole rings is 1. The highest BCUT2D eigenvalue weighted by Crippen LogP contribution is 2.23. The Hall–Kier alpha value is -1.59. The number of fused-ring (bicyclic) bond motifs is 1. The van der Waals surface area contributed by atoms with Gasteiger partial charge in [-0.15, -0.1) is 11.3 Å². The number of benzene rings is 1. The summed E-state index contributed by atoms with van der Waals surface area (Å²) < 4.78 is 15.0. The number of rotatable bonds is 3. The molecule has 18 heavy (non-hydrogen) atoms. The Labute approximate surface area is 112 Å². The lowest BCUT2D eigenvalue weighted by molar-refractivity contribution is 0.628. The second-order valence-corrected chi connectivity index (χ2v) is 5.08. The number of hydrogen-bond donors (Lipinski definition) is 1. The van der Waals surface area contributed by atoms with E-state index in [1.165, 1.54) is 18.2 Å². The minimum Gasteiger partial charge on any atom is -0.378 e. The molecule has 0 amide bonds. The van der Waals surface area contributed by atoms with Crippen molar-refractivity contribution in [3.05, 3.63) is 52.5 Å². The molecule has 0 aliphatic rings. The van der Waals surface area contributed by atoms with Gasteiger partial charge in [-0.05, 0) is 18.2 Å². The van der Waals surface area contributed by atoms with Crippen LogP contribution < -0.4 is 5.32 Å². The Morgan fingerprint density at radius 1 is 1.44 bits per heavy atom. The molecular weight excluding hydrogens is 273 g/mol. The summed E-state index contributed by atoms with van der Waals surface area (Å²) in [4.78, 5) is 5.36. The summed E-state index contributed by atoms with van der Waals surface area (Å²) in [5.41, 5.74) is 1.47. The fraction of sp³-hybridized carbons (Fsp3) is 0.0833. The monoisotopic (exact) mass is 281 g/mol. The first-order valence-electron chi connectivity index (χ1n) is 5.32. The molecule has 0 bridgehead atoms. The fourth-order valence-corrected chi connectivity index (χ4v) is 2.58. The molecule has 2 heterocycles. The first kappa shape index (κ1) is 11.5. The molecule has 0 atom stereocenters. The third-order valence-corrected chi connectivity index (χ3v) is 3.63. The van der Waals surface area contributed by atoms with Gasteiger partial charge in [0.1, 0.15) is 5.82 Å². The zero-order valence-corrected chi connectivity index (χ0v) is 10.8. The molecule has 92 valence electrons. The van der Waals surface area contributed by atoms with Crippen LogP contribution in [0.5, 0.6) is 0 Å². The molecule has 2 aromatic heterocycles. The number of nitrogens with one attached hydrogen (secondary N) is 1. The van der Waals surface area contributed by atoms with Crippen molar-refractivity contribution >= 4 is 33.6 Å². The molecule has 6 heteroatoms. The predicted molar refractivity (Wildman–Crippen MR) is 71.8 cm³/mol. The van der Waals surface area contributed by atoms with E-state index in [-0.39, 0.29) is 5.82 Å². The van der Waals surface area contributed by atoms with E-state index in [1.807, 2.05) is 22.2 Å². The lowest BCUT2D eigenvalue weighted by Gasteiger charge is -2.06. The summed E-state index contributed by atoms with van der Waals surface area (Å²) in [7, 11) is 0. The standard InChI is InChI=1S/C12H9ClFN3S/c13-10-2-1-8(14)5-11(10)15-6-9-7-17-3-4-18-12(17)16-9/h1-5,7,15H,6H2. The second-order valence-electron chi connectivity index (χ2n) is 3.80. The second kappa shape index (κ2) is 4.59. The molecule has 0 saturated heterocycles. The van der Waals surface area contributed by atoms with Crippen LogP contribution in [0.25, 0.3) is 4.96 Å². The summed E-state index contributed by atoms with van der Waals surface area (Å²) in [6.45, 7) is 0.511. The maximum Gasteiger partial charge on any atom is 0.193 e. The molecule has 3 nitrogen and oxygen atoms in total. The molecule has 0 unspecified atom stereocenters. The quantitative estimate of drug-likeness (QED) is 0.791. The number of hydrogen-bond acceptors (Lipinski definition) is 3.